The van der Waals surface area contributed by atoms with Gasteiger partial charge in [0.25, 0.3) is 5.91 Å². The Morgan fingerprint density at radius 3 is 2.44 bits per heavy atom. The van der Waals surface area contributed by atoms with Gasteiger partial charge in [-0.25, -0.2) is 0 Å². The van der Waals surface area contributed by atoms with E-state index in [0.717, 1.165) is 14.5 Å². The maximum Gasteiger partial charge on any atom is 0.270 e. The smallest absolute Gasteiger partial charge is 0.270 e. The lowest BCUT2D eigenvalue weighted by atomic mass is 10.2. The van der Waals surface area contributed by atoms with Crippen molar-refractivity contribution < 1.29 is 4.79 Å². The van der Waals surface area contributed by atoms with Crippen LogP contribution in [0.15, 0.2) is 45.5 Å². The summed E-state index contributed by atoms with van der Waals surface area (Å²) in [4.78, 5) is 16.7. The number of hydrogen-bond donors (Lipinski definition) is 1. The van der Waals surface area contributed by atoms with Gasteiger partial charge < -0.3 is 9.88 Å². The van der Waals surface area contributed by atoms with Crippen LogP contribution in [-0.4, -0.2) is 22.8 Å². The molecule has 18 heavy (non-hydrogen) atoms. The molecule has 2 rings (SSSR count). The molecule has 1 aromatic heterocycles. The highest BCUT2D eigenvalue weighted by atomic mass is 79.9. The first kappa shape index (κ1) is 13.4. The Hall–Kier alpha value is -1.07. The number of halogens is 2. The number of aromatic amines is 1. The third kappa shape index (κ3) is 3.23. The van der Waals surface area contributed by atoms with Crippen LogP contribution >= 0.6 is 31.9 Å². The van der Waals surface area contributed by atoms with Crippen LogP contribution in [0.5, 0.6) is 0 Å². The minimum atomic E-state index is -0.0244. The van der Waals surface area contributed by atoms with E-state index in [1.807, 2.05) is 24.3 Å². The predicted molar refractivity (Wildman–Crippen MR) is 78.4 cm³/mol. The monoisotopic (exact) mass is 370 g/mol. The summed E-state index contributed by atoms with van der Waals surface area (Å²) in [5.74, 6) is -0.0244. The summed E-state index contributed by atoms with van der Waals surface area (Å²) >= 11 is 6.71. The second-order valence-electron chi connectivity index (χ2n) is 4.02. The van der Waals surface area contributed by atoms with Gasteiger partial charge in [0.05, 0.1) is 0 Å². The van der Waals surface area contributed by atoms with E-state index in [-0.39, 0.29) is 5.91 Å². The van der Waals surface area contributed by atoms with Crippen LogP contribution in [0.2, 0.25) is 0 Å². The predicted octanol–water partition coefficient (Wildman–Crippen LogP) is 3.81. The lowest BCUT2D eigenvalue weighted by molar-refractivity contribution is 0.0780. The van der Waals surface area contributed by atoms with Crippen LogP contribution in [0.1, 0.15) is 16.1 Å². The first-order chi connectivity index (χ1) is 8.56. The molecule has 0 aliphatic heterocycles. The summed E-state index contributed by atoms with van der Waals surface area (Å²) in [6.07, 6.45) is 1.75. The minimum absolute atomic E-state index is 0.0244. The van der Waals surface area contributed by atoms with E-state index in [2.05, 4.69) is 36.8 Å². The molecule has 0 unspecified atom stereocenters. The highest BCUT2D eigenvalue weighted by Crippen LogP contribution is 2.15. The molecule has 2 aromatic rings. The molecule has 1 amide bonds. The van der Waals surface area contributed by atoms with Crippen molar-refractivity contribution in [3.8, 4) is 0 Å². The van der Waals surface area contributed by atoms with Gasteiger partial charge in [-0.15, -0.1) is 0 Å². The van der Waals surface area contributed by atoms with Crippen molar-refractivity contribution in [1.29, 1.82) is 0 Å². The number of nitrogens with zero attached hydrogens (tertiary/aromatic N) is 1. The number of nitrogens with one attached hydrogen (secondary N) is 1. The van der Waals surface area contributed by atoms with Crippen molar-refractivity contribution >= 4 is 37.8 Å². The van der Waals surface area contributed by atoms with Gasteiger partial charge >= 0.3 is 0 Å². The Labute approximate surface area is 122 Å². The van der Waals surface area contributed by atoms with E-state index in [0.29, 0.717) is 12.2 Å². The van der Waals surface area contributed by atoms with Crippen LogP contribution < -0.4 is 0 Å². The molecule has 0 saturated heterocycles. The van der Waals surface area contributed by atoms with Gasteiger partial charge in [0, 0.05) is 28.7 Å². The number of H-pyrrole nitrogens is 1. The SMILES string of the molecule is CN(Cc1ccc(Br)cc1)C(=O)c1cc(Br)c[nH]1. The Balaban J connectivity index is 2.05. The van der Waals surface area contributed by atoms with Crippen molar-refractivity contribution in [1.82, 2.24) is 9.88 Å². The van der Waals surface area contributed by atoms with Crippen LogP contribution in [0.3, 0.4) is 0 Å². The molecule has 94 valence electrons. The van der Waals surface area contributed by atoms with E-state index >= 15 is 0 Å². The first-order valence-electron chi connectivity index (χ1n) is 5.40. The number of hydrogen-bond acceptors (Lipinski definition) is 1. The van der Waals surface area contributed by atoms with Gasteiger partial charge in [0.2, 0.25) is 0 Å². The largest absolute Gasteiger partial charge is 0.356 e. The number of carbonyl (C=O) groups excluding carboxylic acids is 1. The van der Waals surface area contributed by atoms with E-state index in [1.165, 1.54) is 0 Å². The minimum Gasteiger partial charge on any atom is -0.356 e. The van der Waals surface area contributed by atoms with Gasteiger partial charge in [-0.3, -0.25) is 4.79 Å². The van der Waals surface area contributed by atoms with Crippen LogP contribution in [0.25, 0.3) is 0 Å². The molecule has 3 nitrogen and oxygen atoms in total. The normalized spacial score (nSPS) is 10.4. The molecule has 1 aromatic carbocycles. The second kappa shape index (κ2) is 5.71. The van der Waals surface area contributed by atoms with E-state index in [1.54, 1.807) is 24.2 Å². The fourth-order valence-corrected chi connectivity index (χ4v) is 2.24. The number of amides is 1. The lowest BCUT2D eigenvalue weighted by Gasteiger charge is -2.16. The highest BCUT2D eigenvalue weighted by Gasteiger charge is 2.13. The third-order valence-corrected chi connectivity index (χ3v) is 3.54. The van der Waals surface area contributed by atoms with Gasteiger partial charge in [0.15, 0.2) is 0 Å². The molecule has 1 N–H and O–H groups in total. The Kier molecular flexibility index (Phi) is 4.24. The summed E-state index contributed by atoms with van der Waals surface area (Å²) in [6, 6.07) is 9.72. The molecule has 0 radical (unpaired) electrons. The van der Waals surface area contributed by atoms with Gasteiger partial charge in [-0.2, -0.15) is 0 Å². The zero-order valence-corrected chi connectivity index (χ0v) is 13.0. The first-order valence-corrected chi connectivity index (χ1v) is 6.98. The fourth-order valence-electron chi connectivity index (χ4n) is 1.63. The maximum absolute atomic E-state index is 12.1. The van der Waals surface area contributed by atoms with Crippen molar-refractivity contribution in [3.63, 3.8) is 0 Å². The quantitative estimate of drug-likeness (QED) is 0.874. The zero-order valence-electron chi connectivity index (χ0n) is 9.78. The number of benzene rings is 1. The van der Waals surface area contributed by atoms with E-state index in [9.17, 15) is 4.79 Å². The van der Waals surface area contributed by atoms with E-state index in [4.69, 9.17) is 0 Å². The topological polar surface area (TPSA) is 36.1 Å². The standard InChI is InChI=1S/C13H12Br2N2O/c1-17(8-9-2-4-10(14)5-3-9)13(18)12-6-11(15)7-16-12/h2-7,16H,8H2,1H3. The zero-order chi connectivity index (χ0) is 13.1. The van der Waals surface area contributed by atoms with Crippen LogP contribution in [0, 0.1) is 0 Å². The summed E-state index contributed by atoms with van der Waals surface area (Å²) in [6.45, 7) is 0.586. The Morgan fingerprint density at radius 1 is 1.22 bits per heavy atom. The number of rotatable bonds is 3. The summed E-state index contributed by atoms with van der Waals surface area (Å²) in [5.41, 5.74) is 1.68. The van der Waals surface area contributed by atoms with Crippen LogP contribution in [0.4, 0.5) is 0 Å². The summed E-state index contributed by atoms with van der Waals surface area (Å²) in [7, 11) is 1.79. The molecule has 0 bridgehead atoms. The van der Waals surface area contributed by atoms with Crippen LogP contribution in [-0.2, 0) is 6.54 Å². The molecule has 0 atom stereocenters. The molecule has 5 heteroatoms. The molecule has 0 aliphatic rings. The molecular formula is C13H12Br2N2O. The van der Waals surface area contributed by atoms with Gasteiger partial charge in [-0.05, 0) is 39.7 Å². The number of carbonyl (C=O) groups is 1. The van der Waals surface area contributed by atoms with Crippen molar-refractivity contribution in [2.45, 2.75) is 6.54 Å². The lowest BCUT2D eigenvalue weighted by Crippen LogP contribution is -2.26. The Morgan fingerprint density at radius 2 is 1.89 bits per heavy atom. The molecular weight excluding hydrogens is 360 g/mol. The average molecular weight is 372 g/mol. The maximum atomic E-state index is 12.1. The molecule has 1 heterocycles. The van der Waals surface area contributed by atoms with Crippen molar-refractivity contribution in [3.05, 3.63) is 56.7 Å². The Bertz CT molecular complexity index is 548. The fraction of sp³-hybridized carbons (Fsp3) is 0.154. The van der Waals surface area contributed by atoms with Crippen molar-refractivity contribution in [2.75, 3.05) is 7.05 Å². The third-order valence-electron chi connectivity index (χ3n) is 2.56. The molecule has 0 fully saturated rings. The average Bonchev–Trinajstić information content (AvgIpc) is 2.78. The number of aromatic nitrogens is 1. The molecule has 0 aliphatic carbocycles. The van der Waals surface area contributed by atoms with Crippen molar-refractivity contribution in [2.24, 2.45) is 0 Å². The second-order valence-corrected chi connectivity index (χ2v) is 5.85. The van der Waals surface area contributed by atoms with Gasteiger partial charge in [0.1, 0.15) is 5.69 Å². The summed E-state index contributed by atoms with van der Waals surface area (Å²) in [5, 5.41) is 0. The summed E-state index contributed by atoms with van der Waals surface area (Å²) < 4.78 is 1.91. The highest BCUT2D eigenvalue weighted by molar-refractivity contribution is 9.10. The molecule has 0 saturated carbocycles. The molecule has 0 spiro atoms. The van der Waals surface area contributed by atoms with Gasteiger partial charge in [-0.1, -0.05) is 28.1 Å². The van der Waals surface area contributed by atoms with E-state index < -0.39 is 0 Å².